The van der Waals surface area contributed by atoms with E-state index >= 15 is 0 Å². The molecular formula is C15H14BrF2N. The normalized spacial score (nSPS) is 10.8. The summed E-state index contributed by atoms with van der Waals surface area (Å²) in [7, 11) is 0. The van der Waals surface area contributed by atoms with Crippen LogP contribution in [0.1, 0.15) is 23.1 Å². The second kappa shape index (κ2) is 6.15. The van der Waals surface area contributed by atoms with Crippen LogP contribution in [0.2, 0.25) is 0 Å². The maximum atomic E-state index is 12.6. The minimum atomic E-state index is -2.43. The minimum Gasteiger partial charge on any atom is -0.380 e. The number of hydrogen-bond acceptors (Lipinski definition) is 1. The topological polar surface area (TPSA) is 12.0 Å². The van der Waals surface area contributed by atoms with Gasteiger partial charge >= 0.3 is 0 Å². The molecule has 0 radical (unpaired) electrons. The lowest BCUT2D eigenvalue weighted by Crippen LogP contribution is -2.01. The third kappa shape index (κ3) is 3.53. The maximum absolute atomic E-state index is 12.6. The Hall–Kier alpha value is -1.42. The van der Waals surface area contributed by atoms with Crippen molar-refractivity contribution in [3.63, 3.8) is 0 Å². The van der Waals surface area contributed by atoms with Gasteiger partial charge in [-0.05, 0) is 46.1 Å². The summed E-state index contributed by atoms with van der Waals surface area (Å²) in [4.78, 5) is 0. The number of anilines is 1. The highest BCUT2D eigenvalue weighted by Crippen LogP contribution is 2.26. The van der Waals surface area contributed by atoms with Gasteiger partial charge in [0.15, 0.2) is 0 Å². The molecule has 0 amide bonds. The van der Waals surface area contributed by atoms with Crippen molar-refractivity contribution in [1.82, 2.24) is 0 Å². The van der Waals surface area contributed by atoms with Crippen molar-refractivity contribution in [2.45, 2.75) is 19.9 Å². The highest BCUT2D eigenvalue weighted by atomic mass is 79.9. The highest BCUT2D eigenvalue weighted by Gasteiger charge is 2.07. The third-order valence-electron chi connectivity index (χ3n) is 2.88. The predicted octanol–water partition coefficient (Wildman–Crippen LogP) is 5.31. The third-order valence-corrected chi connectivity index (χ3v) is 3.93. The van der Waals surface area contributed by atoms with E-state index in [-0.39, 0.29) is 5.56 Å². The molecule has 1 N–H and O–H groups in total. The Morgan fingerprint density at radius 2 is 1.89 bits per heavy atom. The molecule has 0 heterocycles. The van der Waals surface area contributed by atoms with Gasteiger partial charge in [0.1, 0.15) is 0 Å². The molecule has 100 valence electrons. The fourth-order valence-corrected chi connectivity index (χ4v) is 2.22. The molecule has 0 atom stereocenters. The number of halogens is 3. The van der Waals surface area contributed by atoms with Crippen LogP contribution in [-0.2, 0) is 6.54 Å². The summed E-state index contributed by atoms with van der Waals surface area (Å²) in [6, 6.07) is 12.4. The zero-order chi connectivity index (χ0) is 13.8. The van der Waals surface area contributed by atoms with Crippen LogP contribution in [0.25, 0.3) is 0 Å². The second-order valence-corrected chi connectivity index (χ2v) is 5.13. The summed E-state index contributed by atoms with van der Waals surface area (Å²) < 4.78 is 26.2. The number of rotatable bonds is 4. The van der Waals surface area contributed by atoms with Gasteiger partial charge in [-0.2, -0.15) is 0 Å². The van der Waals surface area contributed by atoms with Gasteiger partial charge in [0.25, 0.3) is 6.43 Å². The molecule has 4 heteroatoms. The lowest BCUT2D eigenvalue weighted by Gasteiger charge is -2.11. The van der Waals surface area contributed by atoms with Gasteiger partial charge in [-0.25, -0.2) is 8.78 Å². The zero-order valence-electron chi connectivity index (χ0n) is 10.5. The SMILES string of the molecule is Cc1cccc(NCc2cccc(C(F)F)c2)c1Br. The fourth-order valence-electron chi connectivity index (χ4n) is 1.82. The molecule has 0 aliphatic heterocycles. The molecule has 0 saturated heterocycles. The van der Waals surface area contributed by atoms with Gasteiger partial charge in [-0.15, -0.1) is 0 Å². The Labute approximate surface area is 119 Å². The second-order valence-electron chi connectivity index (χ2n) is 4.34. The number of nitrogens with one attached hydrogen (secondary N) is 1. The molecule has 0 bridgehead atoms. The van der Waals surface area contributed by atoms with Gasteiger partial charge in [-0.1, -0.05) is 30.3 Å². The van der Waals surface area contributed by atoms with Gasteiger partial charge in [-0.3, -0.25) is 0 Å². The van der Waals surface area contributed by atoms with Crippen molar-refractivity contribution in [3.8, 4) is 0 Å². The van der Waals surface area contributed by atoms with E-state index < -0.39 is 6.43 Å². The van der Waals surface area contributed by atoms with Gasteiger partial charge in [0, 0.05) is 22.3 Å². The Bertz CT molecular complexity index is 570. The maximum Gasteiger partial charge on any atom is 0.263 e. The molecule has 2 rings (SSSR count). The largest absolute Gasteiger partial charge is 0.380 e. The van der Waals surface area contributed by atoms with Crippen molar-refractivity contribution in [2.75, 3.05) is 5.32 Å². The Kier molecular flexibility index (Phi) is 4.53. The number of aryl methyl sites for hydroxylation is 1. The minimum absolute atomic E-state index is 0.0580. The van der Waals surface area contributed by atoms with Crippen LogP contribution in [0.5, 0.6) is 0 Å². The van der Waals surface area contributed by atoms with Crippen molar-refractivity contribution in [3.05, 3.63) is 63.6 Å². The molecule has 2 aromatic carbocycles. The van der Waals surface area contributed by atoms with Crippen LogP contribution in [0.3, 0.4) is 0 Å². The molecule has 0 aromatic heterocycles. The molecule has 19 heavy (non-hydrogen) atoms. The molecule has 2 aromatic rings. The van der Waals surface area contributed by atoms with Crippen LogP contribution >= 0.6 is 15.9 Å². The summed E-state index contributed by atoms with van der Waals surface area (Å²) in [5.74, 6) is 0. The Morgan fingerprint density at radius 1 is 1.16 bits per heavy atom. The molecule has 0 fully saturated rings. The van der Waals surface area contributed by atoms with Gasteiger partial charge < -0.3 is 5.32 Å². The van der Waals surface area contributed by atoms with Crippen molar-refractivity contribution >= 4 is 21.6 Å². The quantitative estimate of drug-likeness (QED) is 0.803. The predicted molar refractivity (Wildman–Crippen MR) is 77.6 cm³/mol. The molecule has 0 aliphatic rings. The Morgan fingerprint density at radius 3 is 2.63 bits per heavy atom. The molecule has 0 spiro atoms. The molecule has 1 nitrogen and oxygen atoms in total. The summed E-state index contributed by atoms with van der Waals surface area (Å²) in [5.41, 5.74) is 2.99. The standard InChI is InChI=1S/C15H14BrF2N/c1-10-4-2-7-13(14(10)16)19-9-11-5-3-6-12(8-11)15(17)18/h2-8,15,19H,9H2,1H3. The first-order chi connectivity index (χ1) is 9.08. The van der Waals surface area contributed by atoms with E-state index in [1.165, 1.54) is 12.1 Å². The summed E-state index contributed by atoms with van der Waals surface area (Å²) in [6.45, 7) is 2.52. The monoisotopic (exact) mass is 325 g/mol. The van der Waals surface area contributed by atoms with E-state index in [9.17, 15) is 8.78 Å². The molecular weight excluding hydrogens is 312 g/mol. The van der Waals surface area contributed by atoms with E-state index in [0.717, 1.165) is 21.3 Å². The van der Waals surface area contributed by atoms with Gasteiger partial charge in [0.05, 0.1) is 0 Å². The summed E-state index contributed by atoms with van der Waals surface area (Å²) in [5, 5.41) is 3.24. The first kappa shape index (κ1) is 14.0. The average molecular weight is 326 g/mol. The van der Waals surface area contributed by atoms with Crippen LogP contribution < -0.4 is 5.32 Å². The van der Waals surface area contributed by atoms with Crippen molar-refractivity contribution in [1.29, 1.82) is 0 Å². The van der Waals surface area contributed by atoms with E-state index in [2.05, 4.69) is 21.2 Å². The summed E-state index contributed by atoms with van der Waals surface area (Å²) in [6.07, 6.45) is -2.43. The lowest BCUT2D eigenvalue weighted by atomic mass is 10.1. The Balaban J connectivity index is 2.10. The lowest BCUT2D eigenvalue weighted by molar-refractivity contribution is 0.151. The number of benzene rings is 2. The van der Waals surface area contributed by atoms with E-state index in [0.29, 0.717) is 6.54 Å². The zero-order valence-corrected chi connectivity index (χ0v) is 12.0. The number of alkyl halides is 2. The van der Waals surface area contributed by atoms with Crippen molar-refractivity contribution in [2.24, 2.45) is 0 Å². The van der Waals surface area contributed by atoms with Crippen LogP contribution in [-0.4, -0.2) is 0 Å². The number of hydrogen-bond donors (Lipinski definition) is 1. The molecule has 0 unspecified atom stereocenters. The van der Waals surface area contributed by atoms with E-state index in [1.807, 2.05) is 31.2 Å². The molecule has 0 aliphatic carbocycles. The average Bonchev–Trinajstić information content (AvgIpc) is 2.41. The molecule has 0 saturated carbocycles. The van der Waals surface area contributed by atoms with E-state index in [4.69, 9.17) is 0 Å². The van der Waals surface area contributed by atoms with Crippen LogP contribution in [0.15, 0.2) is 46.9 Å². The van der Waals surface area contributed by atoms with E-state index in [1.54, 1.807) is 6.07 Å². The van der Waals surface area contributed by atoms with Crippen LogP contribution in [0, 0.1) is 6.92 Å². The fraction of sp³-hybridized carbons (Fsp3) is 0.200. The highest BCUT2D eigenvalue weighted by molar-refractivity contribution is 9.10. The van der Waals surface area contributed by atoms with Crippen LogP contribution in [0.4, 0.5) is 14.5 Å². The smallest absolute Gasteiger partial charge is 0.263 e. The van der Waals surface area contributed by atoms with Crippen molar-refractivity contribution < 1.29 is 8.78 Å². The van der Waals surface area contributed by atoms with Gasteiger partial charge in [0.2, 0.25) is 0 Å². The first-order valence-corrected chi connectivity index (χ1v) is 6.73. The first-order valence-electron chi connectivity index (χ1n) is 5.94. The summed E-state index contributed by atoms with van der Waals surface area (Å²) >= 11 is 3.51.